The molecule has 3 heteroatoms. The third kappa shape index (κ3) is 1.71. The van der Waals surface area contributed by atoms with E-state index < -0.39 is 12.0 Å². The van der Waals surface area contributed by atoms with Gasteiger partial charge in [-0.15, -0.1) is 0 Å². The van der Waals surface area contributed by atoms with Crippen LogP contribution in [-0.4, -0.2) is 17.6 Å². The van der Waals surface area contributed by atoms with Gasteiger partial charge in [-0.1, -0.05) is 37.6 Å². The average molecular weight is 219 g/mol. The molecule has 1 heterocycles. The zero-order chi connectivity index (χ0) is 11.9. The summed E-state index contributed by atoms with van der Waals surface area (Å²) >= 11 is 0. The van der Waals surface area contributed by atoms with E-state index in [1.165, 1.54) is 5.56 Å². The number of rotatable bonds is 1. The van der Waals surface area contributed by atoms with Crippen LogP contribution < -0.4 is 5.32 Å². The van der Waals surface area contributed by atoms with E-state index in [-0.39, 0.29) is 5.41 Å². The van der Waals surface area contributed by atoms with Crippen molar-refractivity contribution in [1.82, 2.24) is 5.32 Å². The molecule has 1 atom stereocenters. The maximum Gasteiger partial charge on any atom is 0.325 e. The zero-order valence-corrected chi connectivity index (χ0v) is 9.87. The number of carboxylic acids is 1. The van der Waals surface area contributed by atoms with E-state index in [0.29, 0.717) is 6.54 Å². The monoisotopic (exact) mass is 219 g/mol. The molecule has 86 valence electrons. The Morgan fingerprint density at radius 2 is 2.19 bits per heavy atom. The largest absolute Gasteiger partial charge is 0.480 e. The number of nitrogens with one attached hydrogen (secondary N) is 1. The van der Waals surface area contributed by atoms with Gasteiger partial charge in [-0.25, -0.2) is 0 Å². The maximum absolute atomic E-state index is 11.2. The first-order chi connectivity index (χ1) is 7.42. The molecule has 1 aromatic carbocycles. The second kappa shape index (κ2) is 3.59. The summed E-state index contributed by atoms with van der Waals surface area (Å²) in [7, 11) is 0. The first-order valence-electron chi connectivity index (χ1n) is 5.49. The third-order valence-electron chi connectivity index (χ3n) is 3.24. The van der Waals surface area contributed by atoms with Gasteiger partial charge in [0.1, 0.15) is 6.04 Å². The second-order valence-corrected chi connectivity index (χ2v) is 5.13. The molecule has 2 N–H and O–H groups in total. The predicted molar refractivity (Wildman–Crippen MR) is 62.6 cm³/mol. The van der Waals surface area contributed by atoms with Gasteiger partial charge in [-0.2, -0.15) is 0 Å². The Labute approximate surface area is 95.5 Å². The number of carbonyl (C=O) groups is 1. The number of fused-ring (bicyclic) bond motifs is 1. The topological polar surface area (TPSA) is 49.3 Å². The fourth-order valence-corrected chi connectivity index (χ4v) is 2.29. The van der Waals surface area contributed by atoms with E-state index in [4.69, 9.17) is 5.11 Å². The fraction of sp³-hybridized carbons (Fsp3) is 0.462. The summed E-state index contributed by atoms with van der Waals surface area (Å²) in [4.78, 5) is 11.2. The molecule has 0 bridgehead atoms. The first kappa shape index (κ1) is 11.1. The molecule has 1 aromatic rings. The van der Waals surface area contributed by atoms with Gasteiger partial charge < -0.3 is 5.11 Å². The molecular weight excluding hydrogens is 202 g/mol. The minimum Gasteiger partial charge on any atom is -0.480 e. The summed E-state index contributed by atoms with van der Waals surface area (Å²) in [6.45, 7) is 7.00. The van der Waals surface area contributed by atoms with Crippen molar-refractivity contribution in [2.75, 3.05) is 6.54 Å². The predicted octanol–water partition coefficient (Wildman–Crippen LogP) is 2.00. The zero-order valence-electron chi connectivity index (χ0n) is 9.87. The van der Waals surface area contributed by atoms with Crippen LogP contribution in [0.25, 0.3) is 0 Å². The van der Waals surface area contributed by atoms with Crippen molar-refractivity contribution < 1.29 is 9.90 Å². The number of benzene rings is 1. The van der Waals surface area contributed by atoms with Crippen molar-refractivity contribution in [1.29, 1.82) is 0 Å². The van der Waals surface area contributed by atoms with Crippen LogP contribution in [0.5, 0.6) is 0 Å². The molecular formula is C13H17NO2. The summed E-state index contributed by atoms with van der Waals surface area (Å²) < 4.78 is 0. The second-order valence-electron chi connectivity index (χ2n) is 5.13. The lowest BCUT2D eigenvalue weighted by molar-refractivity contribution is -0.140. The molecule has 2 rings (SSSR count). The van der Waals surface area contributed by atoms with Gasteiger partial charge in [0, 0.05) is 12.0 Å². The molecule has 0 saturated heterocycles. The highest BCUT2D eigenvalue weighted by Crippen LogP contribution is 2.34. The van der Waals surface area contributed by atoms with Crippen LogP contribution in [0.1, 0.15) is 36.6 Å². The molecule has 3 nitrogen and oxygen atoms in total. The van der Waals surface area contributed by atoms with Crippen LogP contribution in [0.4, 0.5) is 0 Å². The highest BCUT2D eigenvalue weighted by molar-refractivity contribution is 5.77. The molecule has 0 spiro atoms. The van der Waals surface area contributed by atoms with Gasteiger partial charge in [0.25, 0.3) is 0 Å². The minimum atomic E-state index is -0.805. The quantitative estimate of drug-likeness (QED) is 0.759. The van der Waals surface area contributed by atoms with E-state index in [1.54, 1.807) is 0 Å². The molecule has 0 radical (unpaired) electrons. The van der Waals surface area contributed by atoms with Crippen LogP contribution >= 0.6 is 0 Å². The summed E-state index contributed by atoms with van der Waals surface area (Å²) in [5.41, 5.74) is 3.22. The number of aliphatic carboxylic acids is 1. The SMILES string of the molecule is Cc1ccc2c(c1)C(C)(C)CN[C@H]2C(=O)O. The first-order valence-corrected chi connectivity index (χ1v) is 5.49. The summed E-state index contributed by atoms with van der Waals surface area (Å²) in [6.07, 6.45) is 0. The molecule has 0 fully saturated rings. The highest BCUT2D eigenvalue weighted by atomic mass is 16.4. The Bertz CT molecular complexity index is 438. The van der Waals surface area contributed by atoms with E-state index in [0.717, 1.165) is 11.1 Å². The Morgan fingerprint density at radius 3 is 2.81 bits per heavy atom. The lowest BCUT2D eigenvalue weighted by Crippen LogP contribution is -2.44. The third-order valence-corrected chi connectivity index (χ3v) is 3.24. The Kier molecular flexibility index (Phi) is 2.50. The van der Waals surface area contributed by atoms with Crippen molar-refractivity contribution in [2.45, 2.75) is 32.2 Å². The van der Waals surface area contributed by atoms with E-state index in [2.05, 4.69) is 25.2 Å². The molecule has 1 aliphatic heterocycles. The van der Waals surface area contributed by atoms with Gasteiger partial charge in [0.2, 0.25) is 0 Å². The van der Waals surface area contributed by atoms with Crippen LogP contribution in [0.3, 0.4) is 0 Å². The summed E-state index contributed by atoms with van der Waals surface area (Å²) in [5, 5.41) is 12.2. The minimum absolute atomic E-state index is 0.00664. The Hall–Kier alpha value is -1.35. The Morgan fingerprint density at radius 1 is 1.50 bits per heavy atom. The van der Waals surface area contributed by atoms with Gasteiger partial charge in [-0.3, -0.25) is 10.1 Å². The van der Waals surface area contributed by atoms with E-state index >= 15 is 0 Å². The van der Waals surface area contributed by atoms with E-state index in [9.17, 15) is 4.79 Å². The van der Waals surface area contributed by atoms with Crippen molar-refractivity contribution in [3.8, 4) is 0 Å². The smallest absolute Gasteiger partial charge is 0.325 e. The van der Waals surface area contributed by atoms with Crippen LogP contribution in [0, 0.1) is 6.92 Å². The van der Waals surface area contributed by atoms with Crippen molar-refractivity contribution >= 4 is 5.97 Å². The number of aryl methyl sites for hydroxylation is 1. The summed E-state index contributed by atoms with van der Waals surface area (Å²) in [5.74, 6) is -0.805. The number of hydrogen-bond acceptors (Lipinski definition) is 2. The van der Waals surface area contributed by atoms with Crippen LogP contribution in [0.2, 0.25) is 0 Å². The molecule has 0 saturated carbocycles. The summed E-state index contributed by atoms with van der Waals surface area (Å²) in [6, 6.07) is 5.44. The molecule has 0 aromatic heterocycles. The standard InChI is InChI=1S/C13H17NO2/c1-8-4-5-9-10(6-8)13(2,3)7-14-11(9)12(15)16/h4-6,11,14H,7H2,1-3H3,(H,15,16)/t11-/m1/s1. The Balaban J connectivity index is 2.57. The number of hydrogen-bond donors (Lipinski definition) is 2. The molecule has 1 aliphatic rings. The number of carboxylic acid groups (broad SMARTS) is 1. The van der Waals surface area contributed by atoms with Gasteiger partial charge >= 0.3 is 5.97 Å². The van der Waals surface area contributed by atoms with Crippen LogP contribution in [-0.2, 0) is 10.2 Å². The molecule has 0 amide bonds. The molecule has 16 heavy (non-hydrogen) atoms. The van der Waals surface area contributed by atoms with Crippen LogP contribution in [0.15, 0.2) is 18.2 Å². The lowest BCUT2D eigenvalue weighted by Gasteiger charge is -2.36. The van der Waals surface area contributed by atoms with Gasteiger partial charge in [0.15, 0.2) is 0 Å². The van der Waals surface area contributed by atoms with Crippen molar-refractivity contribution in [3.63, 3.8) is 0 Å². The van der Waals surface area contributed by atoms with E-state index in [1.807, 2.05) is 19.1 Å². The molecule has 0 aliphatic carbocycles. The van der Waals surface area contributed by atoms with Crippen molar-refractivity contribution in [3.05, 3.63) is 34.9 Å². The highest BCUT2D eigenvalue weighted by Gasteiger charge is 2.35. The normalized spacial score (nSPS) is 22.6. The fourth-order valence-electron chi connectivity index (χ4n) is 2.29. The average Bonchev–Trinajstić information content (AvgIpc) is 2.18. The van der Waals surface area contributed by atoms with Gasteiger partial charge in [0.05, 0.1) is 0 Å². The van der Waals surface area contributed by atoms with Gasteiger partial charge in [-0.05, 0) is 18.1 Å². The molecule has 0 unspecified atom stereocenters. The maximum atomic E-state index is 11.2. The lowest BCUT2D eigenvalue weighted by atomic mass is 9.76. The van der Waals surface area contributed by atoms with Crippen molar-refractivity contribution in [2.24, 2.45) is 0 Å².